The predicted molar refractivity (Wildman–Crippen MR) is 210 cm³/mol. The molecule has 60 heavy (non-hydrogen) atoms. The number of nitrogens with one attached hydrogen (secondary N) is 2. The molecule has 290 valence electrons. The topological polar surface area (TPSA) is 262 Å². The summed E-state index contributed by atoms with van der Waals surface area (Å²) in [6, 6.07) is 32.4. The normalized spacial score (nSPS) is 11.6. The number of azo groups is 2. The van der Waals surface area contributed by atoms with E-state index in [9.17, 15) is 45.7 Å². The minimum absolute atomic E-state index is 0. The van der Waals surface area contributed by atoms with Crippen molar-refractivity contribution in [2.45, 2.75) is 9.79 Å². The Hall–Kier alpha value is -5.38. The molecule has 0 radical (unpaired) electrons. The average molecular weight is 861 g/mol. The Labute approximate surface area is 386 Å². The van der Waals surface area contributed by atoms with Crippen LogP contribution in [0.15, 0.2) is 164 Å². The molecule has 0 saturated carbocycles. The molecule has 0 atom stereocenters. The van der Waals surface area contributed by atoms with Crippen LogP contribution in [0.3, 0.4) is 0 Å². The van der Waals surface area contributed by atoms with Gasteiger partial charge in [-0.1, -0.05) is 60.0 Å². The number of nitrogens with zero attached hydrogens (tertiary/aromatic N) is 4. The maximum atomic E-state index is 13.4. The number of carbonyl (C=O) groups is 2. The average Bonchev–Trinajstić information content (AvgIpc) is 3.20. The molecule has 7 rings (SSSR count). The van der Waals surface area contributed by atoms with Gasteiger partial charge in [0.2, 0.25) is 0 Å². The Bertz CT molecular complexity index is 2860. The second kappa shape index (κ2) is 18.9. The fraction of sp³-hybridized carbons (Fsp3) is 0. The van der Waals surface area contributed by atoms with Crippen molar-refractivity contribution in [2.75, 3.05) is 10.6 Å². The van der Waals surface area contributed by atoms with E-state index in [1.165, 1.54) is 60.7 Å². The van der Waals surface area contributed by atoms with Gasteiger partial charge in [-0.05, 0) is 106 Å². The van der Waals surface area contributed by atoms with Crippen molar-refractivity contribution in [2.24, 2.45) is 20.5 Å². The monoisotopic (exact) mass is 860 g/mol. The van der Waals surface area contributed by atoms with Crippen LogP contribution < -0.4 is 80.0 Å². The molecule has 0 aliphatic carbocycles. The largest absolute Gasteiger partial charge is 1.00 e. The summed E-state index contributed by atoms with van der Waals surface area (Å²) in [5, 5.41) is 48.0. The van der Waals surface area contributed by atoms with Crippen LogP contribution in [-0.4, -0.2) is 37.8 Å². The summed E-state index contributed by atoms with van der Waals surface area (Å²) in [6.07, 6.45) is 0. The maximum Gasteiger partial charge on any atom is 1.00 e. The quantitative estimate of drug-likeness (QED) is 0.0883. The van der Waals surface area contributed by atoms with Crippen LogP contribution in [0.5, 0.6) is 11.5 Å². The summed E-state index contributed by atoms with van der Waals surface area (Å²) < 4.78 is 68.2. The molecular weight excluding hydrogens is 835 g/mol. The molecule has 7 aromatic rings. The van der Waals surface area contributed by atoms with Crippen molar-refractivity contribution in [3.8, 4) is 11.5 Å². The standard InChI is InChI=1S/C40H28N6O10S2.2Na/c47-37-31-21-29(17-15-25(31)19-33(57(51,52)53)35(37)45-43-27-7-3-1-4-8-27)41-39(49)23-11-13-24(14-12-23)40(50)42-30-18-16-26-20-34(58(54,55)56)36(38(48)32(26)22-30)46-44-28-9-5-2-6-10-28;;/h1-22,47-48H,(H,41,49)(H,42,50)(H,51,52,53)(H,54,55,56);;/q;2*+1/p-2. The molecule has 0 spiro atoms. The number of hydrogen-bond acceptors (Lipinski definition) is 12. The van der Waals surface area contributed by atoms with Crippen LogP contribution in [0.25, 0.3) is 21.5 Å². The third kappa shape index (κ3) is 10.3. The molecule has 0 heterocycles. The molecule has 0 saturated heterocycles. The molecule has 20 heteroatoms. The number of amides is 2. The van der Waals surface area contributed by atoms with Gasteiger partial charge in [0.15, 0.2) is 0 Å². The Morgan fingerprint density at radius 3 is 1.17 bits per heavy atom. The minimum Gasteiger partial charge on any atom is -0.871 e. The first kappa shape index (κ1) is 45.7. The van der Waals surface area contributed by atoms with Crippen LogP contribution in [0, 0.1) is 0 Å². The zero-order valence-electron chi connectivity index (χ0n) is 31.5. The van der Waals surface area contributed by atoms with Gasteiger partial charge < -0.3 is 20.8 Å². The van der Waals surface area contributed by atoms with Gasteiger partial charge in [0.1, 0.15) is 9.79 Å². The van der Waals surface area contributed by atoms with Gasteiger partial charge in [-0.25, -0.2) is 0 Å². The first-order valence-corrected chi connectivity index (χ1v) is 19.7. The van der Waals surface area contributed by atoms with E-state index in [1.54, 1.807) is 60.7 Å². The van der Waals surface area contributed by atoms with E-state index in [0.29, 0.717) is 11.4 Å². The van der Waals surface area contributed by atoms with Crippen molar-refractivity contribution in [3.05, 3.63) is 145 Å². The zero-order valence-corrected chi connectivity index (χ0v) is 37.1. The molecule has 0 aromatic heterocycles. The molecule has 0 aliphatic rings. The summed E-state index contributed by atoms with van der Waals surface area (Å²) >= 11 is 0. The number of anilines is 2. The Balaban J connectivity index is 0.00000341. The van der Waals surface area contributed by atoms with Gasteiger partial charge in [-0.2, -0.15) is 27.1 Å². The van der Waals surface area contributed by atoms with Gasteiger partial charge in [0.05, 0.1) is 22.7 Å². The van der Waals surface area contributed by atoms with E-state index in [-0.39, 0.29) is 103 Å². The van der Waals surface area contributed by atoms with E-state index >= 15 is 0 Å². The minimum atomic E-state index is -4.87. The first-order valence-electron chi connectivity index (χ1n) is 16.8. The zero-order chi connectivity index (χ0) is 41.2. The fourth-order valence-corrected chi connectivity index (χ4v) is 7.09. The third-order valence-electron chi connectivity index (χ3n) is 8.59. The Morgan fingerprint density at radius 1 is 0.483 bits per heavy atom. The predicted octanol–water partition coefficient (Wildman–Crippen LogP) is 1.98. The summed E-state index contributed by atoms with van der Waals surface area (Å²) in [5.74, 6) is -2.93. The summed E-state index contributed by atoms with van der Waals surface area (Å²) in [5.41, 5.74) is 0.0307. The van der Waals surface area contributed by atoms with Crippen LogP contribution in [-0.2, 0) is 20.2 Å². The van der Waals surface area contributed by atoms with Gasteiger partial charge in [-0.3, -0.25) is 18.7 Å². The van der Waals surface area contributed by atoms with E-state index in [2.05, 4.69) is 31.1 Å². The maximum absolute atomic E-state index is 13.4. The fourth-order valence-electron chi connectivity index (χ4n) is 5.78. The number of carbonyl (C=O) groups excluding carboxylic acids is 2. The van der Waals surface area contributed by atoms with Crippen LogP contribution >= 0.6 is 0 Å². The molecule has 0 unspecified atom stereocenters. The molecule has 0 aliphatic heterocycles. The van der Waals surface area contributed by atoms with Crippen molar-refractivity contribution in [1.82, 2.24) is 0 Å². The van der Waals surface area contributed by atoms with Gasteiger partial charge in [0, 0.05) is 22.5 Å². The van der Waals surface area contributed by atoms with Crippen molar-refractivity contribution in [1.29, 1.82) is 0 Å². The van der Waals surface area contributed by atoms with E-state index < -0.39 is 64.7 Å². The molecule has 4 N–H and O–H groups in total. The first-order chi connectivity index (χ1) is 27.7. The van der Waals surface area contributed by atoms with Crippen molar-refractivity contribution < 1.29 is 105 Å². The van der Waals surface area contributed by atoms with Gasteiger partial charge in [0.25, 0.3) is 32.1 Å². The van der Waals surface area contributed by atoms with Crippen LogP contribution in [0.2, 0.25) is 0 Å². The third-order valence-corrected chi connectivity index (χ3v) is 10.3. The van der Waals surface area contributed by atoms with Gasteiger partial charge in [-0.15, -0.1) is 10.2 Å². The summed E-state index contributed by atoms with van der Waals surface area (Å²) in [6.45, 7) is 0. The van der Waals surface area contributed by atoms with E-state index in [1.807, 2.05) is 0 Å². The molecule has 2 amide bonds. The van der Waals surface area contributed by atoms with Crippen molar-refractivity contribution in [3.63, 3.8) is 0 Å². The number of hydrogen-bond donors (Lipinski definition) is 4. The second-order valence-electron chi connectivity index (χ2n) is 12.5. The van der Waals surface area contributed by atoms with Crippen LogP contribution in [0.1, 0.15) is 20.7 Å². The molecule has 16 nitrogen and oxygen atoms in total. The smallest absolute Gasteiger partial charge is 0.871 e. The molecule has 7 aromatic carbocycles. The van der Waals surface area contributed by atoms with E-state index in [4.69, 9.17) is 0 Å². The summed E-state index contributed by atoms with van der Waals surface area (Å²) in [4.78, 5) is 24.9. The van der Waals surface area contributed by atoms with Crippen LogP contribution in [0.4, 0.5) is 34.1 Å². The summed E-state index contributed by atoms with van der Waals surface area (Å²) in [7, 11) is -9.74. The van der Waals surface area contributed by atoms with Crippen molar-refractivity contribution >= 4 is 87.7 Å². The number of rotatable bonds is 10. The Kier molecular flexibility index (Phi) is 14.4. The molecule has 0 bridgehead atoms. The SMILES string of the molecule is O=C(Nc1ccc2cc(S(=O)(=O)O)c(N=Nc3ccccc3)c([O-])c2c1)c1ccc(C(=O)Nc2ccc3cc(S(=O)(=O)O)c(N=Nc4ccccc4)c([O-])c3c2)cc1.[Na+].[Na+]. The second-order valence-corrected chi connectivity index (χ2v) is 15.3. The molecule has 0 fully saturated rings. The Morgan fingerprint density at radius 2 is 0.833 bits per heavy atom. The van der Waals surface area contributed by atoms with E-state index in [0.717, 1.165) is 12.1 Å². The number of benzene rings is 7. The molecular formula is C40H26N6Na2O10S2. The van der Waals surface area contributed by atoms with Gasteiger partial charge >= 0.3 is 59.1 Å². The number of fused-ring (bicyclic) bond motifs is 2.